The molecular formula is C24H18ClN5O2S. The fourth-order valence-electron chi connectivity index (χ4n) is 3.50. The largest absolute Gasteiger partial charge is 0.494 e. The van der Waals surface area contributed by atoms with Crippen LogP contribution in [0.15, 0.2) is 82.5 Å². The molecule has 0 saturated heterocycles. The van der Waals surface area contributed by atoms with Crippen molar-refractivity contribution in [2.75, 3.05) is 6.61 Å². The van der Waals surface area contributed by atoms with Crippen molar-refractivity contribution in [3.05, 3.63) is 88.7 Å². The van der Waals surface area contributed by atoms with Gasteiger partial charge in [0.05, 0.1) is 17.2 Å². The Kier molecular flexibility index (Phi) is 5.62. The maximum Gasteiger partial charge on any atom is 0.283 e. The summed E-state index contributed by atoms with van der Waals surface area (Å²) >= 11 is 7.52. The number of ether oxygens (including phenoxy) is 1. The van der Waals surface area contributed by atoms with Gasteiger partial charge in [-0.05, 0) is 67.2 Å². The Morgan fingerprint density at radius 2 is 1.91 bits per heavy atom. The molecule has 5 rings (SSSR count). The molecule has 0 unspecified atom stereocenters. The molecule has 0 radical (unpaired) electrons. The minimum Gasteiger partial charge on any atom is -0.494 e. The van der Waals surface area contributed by atoms with Crippen molar-refractivity contribution in [2.24, 2.45) is 10.1 Å². The number of aromatic nitrogens is 1. The maximum atomic E-state index is 12.8. The van der Waals surface area contributed by atoms with Crippen molar-refractivity contribution < 1.29 is 9.53 Å². The van der Waals surface area contributed by atoms with Crippen molar-refractivity contribution in [2.45, 2.75) is 6.92 Å². The van der Waals surface area contributed by atoms with Gasteiger partial charge in [0, 0.05) is 23.1 Å². The fraction of sp³-hybridized carbons (Fsp3) is 0.0833. The normalized spacial score (nSPS) is 16.7. The Morgan fingerprint density at radius 3 is 2.67 bits per heavy atom. The van der Waals surface area contributed by atoms with Crippen LogP contribution in [0.2, 0.25) is 5.02 Å². The highest BCUT2D eigenvalue weighted by atomic mass is 35.5. The second-order valence-electron chi connectivity index (χ2n) is 7.13. The van der Waals surface area contributed by atoms with Crippen molar-refractivity contribution in [3.63, 3.8) is 0 Å². The summed E-state index contributed by atoms with van der Waals surface area (Å²) in [7, 11) is 0. The molecule has 0 bridgehead atoms. The topological polar surface area (TPSA) is 83.0 Å². The molecule has 7 nitrogen and oxygen atoms in total. The molecule has 1 amide bonds. The van der Waals surface area contributed by atoms with Crippen LogP contribution >= 0.6 is 23.4 Å². The van der Waals surface area contributed by atoms with Crippen LogP contribution in [0.4, 0.5) is 0 Å². The number of aliphatic imine (C=N–C) groups is 1. The third-order valence-electron chi connectivity index (χ3n) is 5.06. The monoisotopic (exact) mass is 475 g/mol. The lowest BCUT2D eigenvalue weighted by atomic mass is 10.1. The Labute approximate surface area is 199 Å². The van der Waals surface area contributed by atoms with Crippen LogP contribution in [0.3, 0.4) is 0 Å². The quantitative estimate of drug-likeness (QED) is 0.514. The van der Waals surface area contributed by atoms with Gasteiger partial charge in [-0.25, -0.2) is 0 Å². The molecule has 2 aromatic carbocycles. The lowest BCUT2D eigenvalue weighted by Crippen LogP contribution is -2.35. The summed E-state index contributed by atoms with van der Waals surface area (Å²) in [5.74, 6) is 0.283. The predicted octanol–water partition coefficient (Wildman–Crippen LogP) is 5.20. The molecule has 1 aromatic heterocycles. The van der Waals surface area contributed by atoms with Crippen LogP contribution in [-0.2, 0) is 4.79 Å². The van der Waals surface area contributed by atoms with Gasteiger partial charge < -0.3 is 9.30 Å². The van der Waals surface area contributed by atoms with Crippen LogP contribution in [0, 0.1) is 5.41 Å². The van der Waals surface area contributed by atoms with Gasteiger partial charge in [0.25, 0.3) is 5.91 Å². The van der Waals surface area contributed by atoms with E-state index in [0.717, 1.165) is 22.7 Å². The minimum atomic E-state index is -0.478. The van der Waals surface area contributed by atoms with Crippen LogP contribution in [0.1, 0.15) is 18.2 Å². The predicted molar refractivity (Wildman–Crippen MR) is 133 cm³/mol. The molecule has 0 spiro atoms. The number of nitrogens with one attached hydrogen (secondary N) is 1. The smallest absolute Gasteiger partial charge is 0.283 e. The Balaban J connectivity index is 1.47. The van der Waals surface area contributed by atoms with E-state index in [1.807, 2.05) is 72.3 Å². The number of amides is 1. The summed E-state index contributed by atoms with van der Waals surface area (Å²) in [5, 5.41) is 16.0. The van der Waals surface area contributed by atoms with E-state index < -0.39 is 5.91 Å². The highest BCUT2D eigenvalue weighted by molar-refractivity contribution is 8.27. The van der Waals surface area contributed by atoms with Gasteiger partial charge in [0.1, 0.15) is 10.8 Å². The number of rotatable bonds is 5. The van der Waals surface area contributed by atoms with Gasteiger partial charge in [-0.2, -0.15) is 15.1 Å². The van der Waals surface area contributed by atoms with Crippen LogP contribution in [0.5, 0.6) is 5.75 Å². The number of carbonyl (C=O) groups is 1. The number of thioether (sulfide) groups is 1. The minimum absolute atomic E-state index is 0.0287. The van der Waals surface area contributed by atoms with E-state index in [0.29, 0.717) is 21.8 Å². The standard InChI is InChI=1S/C24H18ClN5O2S/c1-2-32-17-11-9-15(10-12-17)29-13-5-6-16(29)14-19-21(26)30-24(27-22(19)31)33-23(28-30)18-7-3-4-8-20(18)25/h3-14,26H,2H2,1H3/b19-14-,26-21?. The zero-order valence-electron chi connectivity index (χ0n) is 17.5. The number of halogens is 1. The van der Waals surface area contributed by atoms with Gasteiger partial charge >= 0.3 is 0 Å². The van der Waals surface area contributed by atoms with E-state index in [-0.39, 0.29) is 11.4 Å². The van der Waals surface area contributed by atoms with Crippen LogP contribution in [-0.4, -0.2) is 38.1 Å². The van der Waals surface area contributed by atoms with Gasteiger partial charge in [0.15, 0.2) is 5.84 Å². The van der Waals surface area contributed by atoms with E-state index in [1.165, 1.54) is 16.8 Å². The Hall–Kier alpha value is -3.62. The van der Waals surface area contributed by atoms with Gasteiger partial charge in [-0.15, -0.1) is 0 Å². The molecule has 164 valence electrons. The third kappa shape index (κ3) is 3.99. The summed E-state index contributed by atoms with van der Waals surface area (Å²) in [6.07, 6.45) is 3.56. The lowest BCUT2D eigenvalue weighted by molar-refractivity contribution is -0.114. The fourth-order valence-corrected chi connectivity index (χ4v) is 4.71. The number of benzene rings is 2. The number of carbonyl (C=O) groups excluding carboxylic acids is 1. The van der Waals surface area contributed by atoms with Crippen LogP contribution < -0.4 is 4.74 Å². The summed E-state index contributed by atoms with van der Waals surface area (Å²) in [6, 6.07) is 18.7. The first-order valence-corrected chi connectivity index (χ1v) is 11.4. The second-order valence-corrected chi connectivity index (χ2v) is 8.50. The highest BCUT2D eigenvalue weighted by Gasteiger charge is 2.36. The highest BCUT2D eigenvalue weighted by Crippen LogP contribution is 2.33. The maximum absolute atomic E-state index is 12.8. The molecule has 0 fully saturated rings. The number of hydrogen-bond acceptors (Lipinski definition) is 5. The zero-order valence-corrected chi connectivity index (χ0v) is 19.1. The molecule has 0 saturated carbocycles. The second kappa shape index (κ2) is 8.73. The molecule has 0 atom stereocenters. The lowest BCUT2D eigenvalue weighted by Gasteiger charge is -2.20. The van der Waals surface area contributed by atoms with E-state index >= 15 is 0 Å². The summed E-state index contributed by atoms with van der Waals surface area (Å²) in [6.45, 7) is 2.54. The molecule has 0 aliphatic carbocycles. The average Bonchev–Trinajstić information content (AvgIpc) is 3.45. The summed E-state index contributed by atoms with van der Waals surface area (Å²) in [5.41, 5.74) is 2.55. The van der Waals surface area contributed by atoms with Crippen molar-refractivity contribution in [1.29, 1.82) is 5.41 Å². The molecule has 33 heavy (non-hydrogen) atoms. The zero-order chi connectivity index (χ0) is 22.9. The first kappa shape index (κ1) is 21.2. The van der Waals surface area contributed by atoms with Gasteiger partial charge in [-0.1, -0.05) is 29.8 Å². The Morgan fingerprint density at radius 1 is 1.12 bits per heavy atom. The van der Waals surface area contributed by atoms with E-state index in [2.05, 4.69) is 10.1 Å². The first-order valence-electron chi connectivity index (χ1n) is 10.2. The van der Waals surface area contributed by atoms with Crippen molar-refractivity contribution in [3.8, 4) is 11.4 Å². The van der Waals surface area contributed by atoms with Crippen molar-refractivity contribution >= 4 is 51.4 Å². The number of amidine groups is 2. The number of fused-ring (bicyclic) bond motifs is 1. The molecule has 2 aliphatic heterocycles. The average molecular weight is 476 g/mol. The van der Waals surface area contributed by atoms with E-state index in [4.69, 9.17) is 21.7 Å². The molecule has 2 aliphatic rings. The molecule has 1 N–H and O–H groups in total. The van der Waals surface area contributed by atoms with Gasteiger partial charge in [-0.3, -0.25) is 10.2 Å². The van der Waals surface area contributed by atoms with E-state index in [9.17, 15) is 4.79 Å². The summed E-state index contributed by atoms with van der Waals surface area (Å²) < 4.78 is 7.44. The molecule has 9 heteroatoms. The number of hydrogen-bond donors (Lipinski definition) is 1. The molecular weight excluding hydrogens is 458 g/mol. The SMILES string of the molecule is CCOc1ccc(-n2cccc2/C=C2/C(=N)N3N=C(c4ccccc4Cl)SC3=NC2=O)cc1. The van der Waals surface area contributed by atoms with E-state index in [1.54, 1.807) is 12.1 Å². The number of hydrazone groups is 1. The Bertz CT molecular complexity index is 1360. The van der Waals surface area contributed by atoms with Crippen molar-refractivity contribution in [1.82, 2.24) is 9.58 Å². The van der Waals surface area contributed by atoms with Crippen LogP contribution in [0.25, 0.3) is 11.8 Å². The first-order chi connectivity index (χ1) is 16.0. The summed E-state index contributed by atoms with van der Waals surface area (Å²) in [4.78, 5) is 17.0. The van der Waals surface area contributed by atoms with Gasteiger partial charge in [0.2, 0.25) is 5.17 Å². The number of nitrogens with zero attached hydrogens (tertiary/aromatic N) is 4. The third-order valence-corrected chi connectivity index (χ3v) is 6.33. The molecule has 3 aromatic rings. The molecule has 3 heterocycles.